The standard InChI is InChI=1S/C72H129NO18/c1-3-5-7-9-10-11-12-13-14-15-16-17-18-19-20-21-22-23-24-25-26-27-28-29-30-31-32-33-34-35-36-37-38-39-40-41-42-43-44-46-48-50-60(78)73-55(56(77)49-47-45-8-6-4-2)54-86-70-66(84)63(81)68(58(52-75)88-70)91-72-67(85)64(82)69(59(53-76)89-72)90-71-65(83)62(80)61(79)57(51-74)87-71/h5,7,10-11,13-14,16-17,47,49,55-59,61-72,74-77,79-85H,3-4,6,8-9,12,15,18-46,48,50-54H2,1-2H3,(H,73,78)/b7-5-,11-10-,14-13-,17-16-,49-47+. The van der Waals surface area contributed by atoms with Crippen molar-refractivity contribution < 1.29 is 89.4 Å². The van der Waals surface area contributed by atoms with Gasteiger partial charge in [0.15, 0.2) is 18.9 Å². The highest BCUT2D eigenvalue weighted by Crippen LogP contribution is 2.33. The average Bonchev–Trinajstić information content (AvgIpc) is 0.864. The van der Waals surface area contributed by atoms with E-state index in [9.17, 15) is 61.0 Å². The van der Waals surface area contributed by atoms with Crippen molar-refractivity contribution in [3.8, 4) is 0 Å². The number of amides is 1. The number of ether oxygens (including phenoxy) is 6. The lowest BCUT2D eigenvalue weighted by Gasteiger charge is -2.48. The molecule has 3 heterocycles. The van der Waals surface area contributed by atoms with Crippen LogP contribution in [0.5, 0.6) is 0 Å². The first-order valence-electron chi connectivity index (χ1n) is 36.0. The van der Waals surface area contributed by atoms with Crippen LogP contribution in [0.3, 0.4) is 0 Å². The van der Waals surface area contributed by atoms with E-state index in [2.05, 4.69) is 67.8 Å². The van der Waals surface area contributed by atoms with Gasteiger partial charge in [0.1, 0.15) is 73.2 Å². The lowest BCUT2D eigenvalue weighted by Crippen LogP contribution is -2.66. The molecule has 0 saturated carbocycles. The first-order valence-corrected chi connectivity index (χ1v) is 36.0. The first-order chi connectivity index (χ1) is 44.3. The number of aliphatic hydroxyl groups is 11. The molecule has 17 atom stereocenters. The van der Waals surface area contributed by atoms with Crippen LogP contribution in [0, 0.1) is 0 Å². The summed E-state index contributed by atoms with van der Waals surface area (Å²) in [5.74, 6) is -0.280. The van der Waals surface area contributed by atoms with Gasteiger partial charge in [-0.15, -0.1) is 0 Å². The Morgan fingerprint density at radius 2 is 0.758 bits per heavy atom. The Balaban J connectivity index is 1.20. The molecular formula is C72H129NO18. The summed E-state index contributed by atoms with van der Waals surface area (Å²) < 4.78 is 34.1. The van der Waals surface area contributed by atoms with Crippen molar-refractivity contribution in [2.45, 2.75) is 362 Å². The Hall–Kier alpha value is -2.51. The molecule has 0 aromatic carbocycles. The highest BCUT2D eigenvalue weighted by molar-refractivity contribution is 5.76. The molecule has 91 heavy (non-hydrogen) atoms. The normalized spacial score (nSPS) is 28.2. The smallest absolute Gasteiger partial charge is 0.220 e. The van der Waals surface area contributed by atoms with Crippen LogP contribution in [0.2, 0.25) is 0 Å². The molecule has 3 aliphatic heterocycles. The second kappa shape index (κ2) is 53.6. The molecule has 17 unspecified atom stereocenters. The third kappa shape index (κ3) is 35.4. The van der Waals surface area contributed by atoms with E-state index >= 15 is 0 Å². The number of unbranched alkanes of at least 4 members (excludes halogenated alkanes) is 31. The Kier molecular flexibility index (Phi) is 48.7. The lowest BCUT2D eigenvalue weighted by atomic mass is 9.96. The SMILES string of the molecule is CC/C=C\C/C=C\C/C=C\C/C=C\CCCCCCCCCCCCCCCCCCCCCCCCCCCCCCC(=O)NC(COC1OC(CO)C(OC2OC(CO)C(OC3OC(CO)C(O)C(O)C3O)C(O)C2O)C(O)C1O)C(O)/C=C/CCCCC. The molecule has 530 valence electrons. The van der Waals surface area contributed by atoms with Crippen molar-refractivity contribution in [1.29, 1.82) is 0 Å². The molecule has 0 aromatic heterocycles. The summed E-state index contributed by atoms with van der Waals surface area (Å²) in [5.41, 5.74) is 0. The van der Waals surface area contributed by atoms with Crippen molar-refractivity contribution in [1.82, 2.24) is 5.32 Å². The van der Waals surface area contributed by atoms with Gasteiger partial charge in [0.2, 0.25) is 5.91 Å². The fourth-order valence-corrected chi connectivity index (χ4v) is 12.0. The first kappa shape index (κ1) is 82.7. The molecule has 0 radical (unpaired) electrons. The minimum Gasteiger partial charge on any atom is -0.394 e. The Morgan fingerprint density at radius 1 is 0.407 bits per heavy atom. The van der Waals surface area contributed by atoms with Crippen LogP contribution in [-0.4, -0.2) is 193 Å². The van der Waals surface area contributed by atoms with Gasteiger partial charge < -0.3 is 89.9 Å². The van der Waals surface area contributed by atoms with Crippen LogP contribution < -0.4 is 5.32 Å². The minimum atomic E-state index is -1.98. The van der Waals surface area contributed by atoms with E-state index in [0.29, 0.717) is 6.42 Å². The van der Waals surface area contributed by atoms with Gasteiger partial charge in [0, 0.05) is 6.42 Å². The largest absolute Gasteiger partial charge is 0.394 e. The number of rotatable bonds is 55. The Morgan fingerprint density at radius 3 is 1.19 bits per heavy atom. The number of hydrogen-bond acceptors (Lipinski definition) is 18. The second-order valence-corrected chi connectivity index (χ2v) is 25.7. The summed E-state index contributed by atoms with van der Waals surface area (Å²) in [6.45, 7) is 1.49. The number of allylic oxidation sites excluding steroid dienone is 9. The maximum absolute atomic E-state index is 13.3. The zero-order valence-corrected chi connectivity index (χ0v) is 56.1. The minimum absolute atomic E-state index is 0.244. The maximum Gasteiger partial charge on any atom is 0.220 e. The third-order valence-corrected chi connectivity index (χ3v) is 17.8. The molecule has 0 bridgehead atoms. The number of hydrogen-bond donors (Lipinski definition) is 12. The predicted octanol–water partition coefficient (Wildman–Crippen LogP) is 9.94. The van der Waals surface area contributed by atoms with Gasteiger partial charge in [-0.3, -0.25) is 4.79 Å². The Bertz CT molecular complexity index is 1890. The molecule has 3 saturated heterocycles. The highest BCUT2D eigenvalue weighted by atomic mass is 16.8. The van der Waals surface area contributed by atoms with E-state index in [1.54, 1.807) is 6.08 Å². The lowest BCUT2D eigenvalue weighted by molar-refractivity contribution is -0.379. The molecule has 3 rings (SSSR count). The molecule has 0 spiro atoms. The summed E-state index contributed by atoms with van der Waals surface area (Å²) >= 11 is 0. The van der Waals surface area contributed by atoms with Gasteiger partial charge in [-0.05, 0) is 57.8 Å². The van der Waals surface area contributed by atoms with Gasteiger partial charge in [-0.2, -0.15) is 0 Å². The van der Waals surface area contributed by atoms with E-state index in [4.69, 9.17) is 28.4 Å². The molecule has 1 amide bonds. The monoisotopic (exact) mass is 1300 g/mol. The quantitative estimate of drug-likeness (QED) is 0.0199. The number of carbonyl (C=O) groups is 1. The summed E-state index contributed by atoms with van der Waals surface area (Å²) in [6.07, 6.45) is 40.6. The molecule has 12 N–H and O–H groups in total. The molecule has 19 heteroatoms. The van der Waals surface area contributed by atoms with Crippen LogP contribution in [0.15, 0.2) is 60.8 Å². The highest BCUT2D eigenvalue weighted by Gasteiger charge is 2.53. The van der Waals surface area contributed by atoms with Crippen LogP contribution >= 0.6 is 0 Å². The Labute approximate surface area is 547 Å². The van der Waals surface area contributed by atoms with E-state index < -0.39 is 124 Å². The van der Waals surface area contributed by atoms with Crippen molar-refractivity contribution in [2.75, 3.05) is 26.4 Å². The second-order valence-electron chi connectivity index (χ2n) is 25.7. The van der Waals surface area contributed by atoms with Gasteiger partial charge in [0.25, 0.3) is 0 Å². The van der Waals surface area contributed by atoms with Crippen LogP contribution in [0.25, 0.3) is 0 Å². The van der Waals surface area contributed by atoms with E-state index in [1.165, 1.54) is 161 Å². The summed E-state index contributed by atoms with van der Waals surface area (Å²) in [6, 6.07) is -0.968. The van der Waals surface area contributed by atoms with E-state index in [-0.39, 0.29) is 18.9 Å². The van der Waals surface area contributed by atoms with Gasteiger partial charge in [0.05, 0.1) is 38.6 Å². The summed E-state index contributed by atoms with van der Waals surface area (Å²) in [7, 11) is 0. The molecule has 19 nitrogen and oxygen atoms in total. The fraction of sp³-hybridized carbons (Fsp3) is 0.847. The number of nitrogens with one attached hydrogen (secondary N) is 1. The molecule has 3 aliphatic rings. The van der Waals surface area contributed by atoms with Crippen molar-refractivity contribution in [3.05, 3.63) is 60.8 Å². The van der Waals surface area contributed by atoms with Crippen molar-refractivity contribution in [2.24, 2.45) is 0 Å². The van der Waals surface area contributed by atoms with Gasteiger partial charge in [-0.25, -0.2) is 0 Å². The van der Waals surface area contributed by atoms with E-state index in [1.807, 2.05) is 6.08 Å². The predicted molar refractivity (Wildman–Crippen MR) is 355 cm³/mol. The average molecular weight is 1300 g/mol. The summed E-state index contributed by atoms with van der Waals surface area (Å²) in [5, 5.41) is 120. The van der Waals surface area contributed by atoms with Crippen molar-refractivity contribution >= 4 is 5.91 Å². The van der Waals surface area contributed by atoms with Gasteiger partial charge in [-0.1, -0.05) is 254 Å². The van der Waals surface area contributed by atoms with Gasteiger partial charge >= 0.3 is 0 Å². The molecule has 0 aromatic rings. The molecule has 3 fully saturated rings. The molecule has 0 aliphatic carbocycles. The third-order valence-electron chi connectivity index (χ3n) is 17.8. The topological polar surface area (TPSA) is 307 Å². The van der Waals surface area contributed by atoms with Crippen LogP contribution in [-0.2, 0) is 33.2 Å². The number of aliphatic hydroxyl groups excluding tert-OH is 11. The van der Waals surface area contributed by atoms with Crippen molar-refractivity contribution in [3.63, 3.8) is 0 Å². The molecular weight excluding hydrogens is 1170 g/mol. The van der Waals surface area contributed by atoms with Crippen LogP contribution in [0.4, 0.5) is 0 Å². The summed E-state index contributed by atoms with van der Waals surface area (Å²) in [4.78, 5) is 13.3. The fourth-order valence-electron chi connectivity index (χ4n) is 12.0. The van der Waals surface area contributed by atoms with Crippen LogP contribution in [0.1, 0.15) is 258 Å². The zero-order valence-electron chi connectivity index (χ0n) is 56.1. The zero-order chi connectivity index (χ0) is 66.1. The maximum atomic E-state index is 13.3. The van der Waals surface area contributed by atoms with E-state index in [0.717, 1.165) is 70.6 Å². The number of carbonyl (C=O) groups excluding carboxylic acids is 1.